The molecule has 4 aromatic rings. The van der Waals surface area contributed by atoms with Gasteiger partial charge in [0.2, 0.25) is 11.8 Å². The van der Waals surface area contributed by atoms with Crippen LogP contribution < -0.4 is 21.7 Å². The van der Waals surface area contributed by atoms with E-state index in [4.69, 9.17) is 5.73 Å². The Morgan fingerprint density at radius 2 is 1.51 bits per heavy atom. The number of rotatable bonds is 12. The summed E-state index contributed by atoms with van der Waals surface area (Å²) in [6.45, 7) is 3.46. The first-order valence-electron chi connectivity index (χ1n) is 16.5. The van der Waals surface area contributed by atoms with Gasteiger partial charge < -0.3 is 26.6 Å². The molecule has 2 amide bonds. The summed E-state index contributed by atoms with van der Waals surface area (Å²) >= 11 is 0. The highest BCUT2D eigenvalue weighted by Crippen LogP contribution is 2.24. The minimum atomic E-state index is -0.615. The first-order valence-corrected chi connectivity index (χ1v) is 16.5. The van der Waals surface area contributed by atoms with Crippen molar-refractivity contribution in [2.75, 3.05) is 26.2 Å². The molecule has 7 heteroatoms. The van der Waals surface area contributed by atoms with Gasteiger partial charge in [-0.25, -0.2) is 0 Å². The van der Waals surface area contributed by atoms with Gasteiger partial charge in [-0.1, -0.05) is 97.1 Å². The van der Waals surface area contributed by atoms with E-state index in [-0.39, 0.29) is 17.9 Å². The number of carbonyl (C=O) groups excluding carboxylic acids is 2. The van der Waals surface area contributed by atoms with Crippen LogP contribution in [-0.2, 0) is 22.6 Å². The Labute approximate surface area is 266 Å². The minimum absolute atomic E-state index is 0.0398. The van der Waals surface area contributed by atoms with Crippen LogP contribution in [0.4, 0.5) is 0 Å². The number of hydrogen-bond acceptors (Lipinski definition) is 5. The monoisotopic (exact) mass is 603 g/mol. The highest BCUT2D eigenvalue weighted by molar-refractivity contribution is 5.97. The van der Waals surface area contributed by atoms with Gasteiger partial charge >= 0.3 is 0 Å². The SMILES string of the molecule is NCCCC(NC[C@H]1C(=O)N[C@@H](Cc2ccc3ccccc3c2)C(=O)N1Cc1ccc(-c2ccccc2)cc1)C1CCNCC1. The summed E-state index contributed by atoms with van der Waals surface area (Å²) in [6.07, 6.45) is 4.55. The third-order valence-corrected chi connectivity index (χ3v) is 9.49. The van der Waals surface area contributed by atoms with Gasteiger partial charge in [-0.15, -0.1) is 0 Å². The molecular formula is C38H45N5O2. The van der Waals surface area contributed by atoms with E-state index in [0.29, 0.717) is 32.0 Å². The molecule has 0 spiro atoms. The van der Waals surface area contributed by atoms with Crippen LogP contribution in [0.5, 0.6) is 0 Å². The number of nitrogens with two attached hydrogens (primary N) is 1. The summed E-state index contributed by atoms with van der Waals surface area (Å²) in [5.41, 5.74) is 10.2. The normalized spacial score (nSPS) is 19.9. The molecule has 2 fully saturated rings. The van der Waals surface area contributed by atoms with Crippen LogP contribution in [0.25, 0.3) is 21.9 Å². The first-order chi connectivity index (χ1) is 22.1. The molecular weight excluding hydrogens is 558 g/mol. The van der Waals surface area contributed by atoms with Crippen molar-refractivity contribution in [2.24, 2.45) is 11.7 Å². The smallest absolute Gasteiger partial charge is 0.246 e. The largest absolute Gasteiger partial charge is 0.342 e. The summed E-state index contributed by atoms with van der Waals surface area (Å²) in [4.78, 5) is 29.8. The van der Waals surface area contributed by atoms with Crippen LogP contribution >= 0.6 is 0 Å². The Hall–Kier alpha value is -4.04. The van der Waals surface area contributed by atoms with E-state index in [9.17, 15) is 9.59 Å². The topological polar surface area (TPSA) is 99.5 Å². The Bertz CT molecular complexity index is 1570. The van der Waals surface area contributed by atoms with Crippen molar-refractivity contribution in [3.8, 4) is 11.1 Å². The minimum Gasteiger partial charge on any atom is -0.342 e. The molecule has 2 heterocycles. The first kappa shape index (κ1) is 31.0. The van der Waals surface area contributed by atoms with Crippen molar-refractivity contribution in [2.45, 2.75) is 56.8 Å². The molecule has 6 rings (SSSR count). The number of nitrogens with one attached hydrogen (secondary N) is 3. The van der Waals surface area contributed by atoms with Crippen LogP contribution in [0.2, 0.25) is 0 Å². The van der Waals surface area contributed by atoms with E-state index in [2.05, 4.69) is 82.7 Å². The summed E-state index contributed by atoms with van der Waals surface area (Å²) in [7, 11) is 0. The Balaban J connectivity index is 1.23. The third kappa shape index (κ3) is 7.61. The van der Waals surface area contributed by atoms with Gasteiger partial charge in [0, 0.05) is 25.6 Å². The Morgan fingerprint density at radius 3 is 2.27 bits per heavy atom. The van der Waals surface area contributed by atoms with E-state index in [1.165, 1.54) is 0 Å². The van der Waals surface area contributed by atoms with Gasteiger partial charge in [-0.3, -0.25) is 9.59 Å². The molecule has 45 heavy (non-hydrogen) atoms. The van der Waals surface area contributed by atoms with E-state index >= 15 is 0 Å². The molecule has 2 aliphatic heterocycles. The molecule has 0 aromatic heterocycles. The zero-order valence-corrected chi connectivity index (χ0v) is 26.0. The predicted molar refractivity (Wildman–Crippen MR) is 181 cm³/mol. The number of nitrogens with zero attached hydrogens (tertiary/aromatic N) is 1. The Kier molecular flexibility index (Phi) is 10.2. The van der Waals surface area contributed by atoms with Crippen molar-refractivity contribution in [1.82, 2.24) is 20.9 Å². The highest BCUT2D eigenvalue weighted by atomic mass is 16.2. The van der Waals surface area contributed by atoms with E-state index in [1.54, 1.807) is 4.90 Å². The molecule has 7 nitrogen and oxygen atoms in total. The quantitative estimate of drug-likeness (QED) is 0.189. The lowest BCUT2D eigenvalue weighted by atomic mass is 9.87. The number of piperazine rings is 1. The van der Waals surface area contributed by atoms with E-state index < -0.39 is 12.1 Å². The molecule has 2 aliphatic rings. The van der Waals surface area contributed by atoms with Crippen molar-refractivity contribution in [1.29, 1.82) is 0 Å². The second kappa shape index (κ2) is 14.8. The molecule has 1 unspecified atom stereocenters. The van der Waals surface area contributed by atoms with E-state index in [1.807, 2.05) is 30.3 Å². The molecule has 234 valence electrons. The molecule has 0 aliphatic carbocycles. The summed E-state index contributed by atoms with van der Waals surface area (Å²) in [6, 6.07) is 32.1. The van der Waals surface area contributed by atoms with Crippen molar-refractivity contribution in [3.05, 3.63) is 108 Å². The molecule has 3 atom stereocenters. The average Bonchev–Trinajstić information content (AvgIpc) is 3.09. The van der Waals surface area contributed by atoms with Gasteiger partial charge in [-0.05, 0) is 84.3 Å². The predicted octanol–water partition coefficient (Wildman–Crippen LogP) is 4.64. The van der Waals surface area contributed by atoms with Gasteiger partial charge in [0.15, 0.2) is 0 Å². The molecule has 4 aromatic carbocycles. The second-order valence-electron chi connectivity index (χ2n) is 12.5. The summed E-state index contributed by atoms with van der Waals surface area (Å²) in [5.74, 6) is 0.388. The van der Waals surface area contributed by atoms with Crippen molar-refractivity contribution in [3.63, 3.8) is 0 Å². The highest BCUT2D eigenvalue weighted by Gasteiger charge is 2.41. The summed E-state index contributed by atoms with van der Waals surface area (Å²) in [5, 5.41) is 12.6. The van der Waals surface area contributed by atoms with Gasteiger partial charge in [-0.2, -0.15) is 0 Å². The van der Waals surface area contributed by atoms with Crippen LogP contribution in [-0.4, -0.2) is 61.0 Å². The van der Waals surface area contributed by atoms with Gasteiger partial charge in [0.1, 0.15) is 12.1 Å². The lowest BCUT2D eigenvalue weighted by Crippen LogP contribution is -2.66. The maximum absolute atomic E-state index is 14.2. The molecule has 0 bridgehead atoms. The Morgan fingerprint density at radius 1 is 0.822 bits per heavy atom. The lowest BCUT2D eigenvalue weighted by molar-refractivity contribution is -0.150. The van der Waals surface area contributed by atoms with Crippen LogP contribution in [0.15, 0.2) is 97.1 Å². The zero-order valence-electron chi connectivity index (χ0n) is 26.0. The number of fused-ring (bicyclic) bond motifs is 1. The maximum atomic E-state index is 14.2. The standard InChI is InChI=1S/C38H45N5O2/c39-20-6-11-34(32-18-21-40-22-19-32)41-25-36-37(44)42-35(24-28-14-17-30-9-4-5-10-33(30)23-28)38(45)43(36)26-27-12-15-31(16-13-27)29-7-2-1-3-8-29/h1-5,7-10,12-17,23,32,34-36,40-41H,6,11,18-22,24-26,39H2,(H,42,44)/t34?,35-,36-/m0/s1. The molecule has 5 N–H and O–H groups in total. The van der Waals surface area contributed by atoms with Gasteiger partial charge in [0.05, 0.1) is 0 Å². The fraction of sp³-hybridized carbons (Fsp3) is 0.368. The molecule has 0 saturated carbocycles. The fourth-order valence-electron chi connectivity index (χ4n) is 6.94. The second-order valence-corrected chi connectivity index (χ2v) is 12.5. The van der Waals surface area contributed by atoms with E-state index in [0.717, 1.165) is 71.8 Å². The van der Waals surface area contributed by atoms with Crippen LogP contribution in [0.1, 0.15) is 36.8 Å². The number of benzene rings is 4. The zero-order chi connectivity index (χ0) is 31.0. The van der Waals surface area contributed by atoms with Crippen LogP contribution in [0.3, 0.4) is 0 Å². The number of hydrogen-bond donors (Lipinski definition) is 4. The van der Waals surface area contributed by atoms with Crippen LogP contribution in [0, 0.1) is 5.92 Å². The maximum Gasteiger partial charge on any atom is 0.246 e. The fourth-order valence-corrected chi connectivity index (χ4v) is 6.94. The number of carbonyl (C=O) groups is 2. The van der Waals surface area contributed by atoms with Gasteiger partial charge in [0.25, 0.3) is 0 Å². The number of piperidine rings is 1. The average molecular weight is 604 g/mol. The molecule has 0 radical (unpaired) electrons. The molecule has 2 saturated heterocycles. The third-order valence-electron chi connectivity index (χ3n) is 9.49. The lowest BCUT2D eigenvalue weighted by Gasteiger charge is -2.40. The summed E-state index contributed by atoms with van der Waals surface area (Å²) < 4.78 is 0. The van der Waals surface area contributed by atoms with Crippen molar-refractivity contribution >= 4 is 22.6 Å². The van der Waals surface area contributed by atoms with Crippen molar-refractivity contribution < 1.29 is 9.59 Å². The number of amides is 2.